The monoisotopic (exact) mass is 479 g/mol. The Morgan fingerprint density at radius 2 is 1.40 bits per heavy atom. The van der Waals surface area contributed by atoms with Gasteiger partial charge in [0.25, 0.3) is 0 Å². The Bertz CT molecular complexity index is 55.7. The first-order chi connectivity index (χ1) is 3.79. The van der Waals surface area contributed by atoms with Crippen molar-refractivity contribution < 1.29 is 42.1 Å². The second kappa shape index (κ2) is 7.05. The zero-order valence-corrected chi connectivity index (χ0v) is 12.4. The van der Waals surface area contributed by atoms with Crippen LogP contribution in [0.15, 0.2) is 0 Å². The molecule has 0 atom stereocenters. The topological polar surface area (TPSA) is 0 Å². The molecule has 0 aromatic heterocycles. The van der Waals surface area contributed by atoms with Gasteiger partial charge in [-0.2, -0.15) is 5.92 Å². The van der Waals surface area contributed by atoms with E-state index in [0.29, 0.717) is 0 Å². The van der Waals surface area contributed by atoms with E-state index in [4.69, 9.17) is 0 Å². The molecule has 0 aromatic carbocycles. The molecule has 0 nitrogen and oxygen atoms in total. The van der Waals surface area contributed by atoms with Crippen molar-refractivity contribution in [2.75, 3.05) is 0 Å². The van der Waals surface area contributed by atoms with E-state index in [1.54, 1.807) is 0 Å². The van der Waals surface area contributed by atoms with Crippen LogP contribution in [0.25, 0.3) is 0 Å². The van der Waals surface area contributed by atoms with Gasteiger partial charge >= 0.3 is 0 Å². The smallest absolute Gasteiger partial charge is 0 e. The van der Waals surface area contributed by atoms with Gasteiger partial charge in [-0.3, -0.25) is 0 Å². The number of hydrogen-bond donors (Lipinski definition) is 0. The Morgan fingerprint density at radius 3 is 1.70 bits per heavy atom. The molecule has 1 saturated carbocycles. The first-order valence-electron chi connectivity index (χ1n) is 3.62. The van der Waals surface area contributed by atoms with E-state index in [-0.39, 0.29) is 42.1 Å². The third-order valence-electron chi connectivity index (χ3n) is 2.14. The molecular weight excluding hydrogens is 464 g/mol. The zero-order valence-electron chi connectivity index (χ0n) is 6.51. The van der Waals surface area contributed by atoms with Crippen molar-refractivity contribution in [1.29, 1.82) is 0 Å². The van der Waals surface area contributed by atoms with Crippen molar-refractivity contribution in [1.82, 2.24) is 0 Å². The van der Waals surface area contributed by atoms with Crippen molar-refractivity contribution in [3.05, 3.63) is 6.92 Å². The van der Waals surface area contributed by atoms with Gasteiger partial charge in [-0.05, 0) is 5.92 Å². The fourth-order valence-corrected chi connectivity index (χ4v) is 1.33. The Kier molecular flexibility index (Phi) is 9.82. The van der Waals surface area contributed by atoms with Crippen molar-refractivity contribution in [3.63, 3.8) is 0 Å². The molecule has 0 aromatic rings. The minimum Gasteiger partial charge on any atom is -0.340 e. The molecule has 0 heterocycles. The summed E-state index contributed by atoms with van der Waals surface area (Å²) in [6.45, 7) is 6.37. The van der Waals surface area contributed by atoms with Crippen molar-refractivity contribution in [2.24, 2.45) is 11.8 Å². The van der Waals surface area contributed by atoms with E-state index in [1.165, 1.54) is 25.7 Å². The van der Waals surface area contributed by atoms with Crippen LogP contribution >= 0.6 is 0 Å². The Balaban J connectivity index is 0. The molecule has 1 fully saturated rings. The molecule has 1 aliphatic carbocycles. The van der Waals surface area contributed by atoms with Crippen LogP contribution in [0.3, 0.4) is 0 Å². The summed E-state index contributed by atoms with van der Waals surface area (Å²) < 4.78 is 0. The van der Waals surface area contributed by atoms with Crippen molar-refractivity contribution in [2.45, 2.75) is 32.6 Å². The summed E-state index contributed by atoms with van der Waals surface area (Å²) in [4.78, 5) is 0. The largest absolute Gasteiger partial charge is 0.340 e. The van der Waals surface area contributed by atoms with Crippen LogP contribution in [0.1, 0.15) is 32.6 Å². The van der Waals surface area contributed by atoms with E-state index >= 15 is 0 Å². The number of hydrogen-bond acceptors (Lipinski definition) is 0. The molecule has 0 unspecified atom stereocenters. The van der Waals surface area contributed by atoms with Gasteiger partial charge < -0.3 is 6.92 Å². The SMILES string of the molecule is [CH2-]C1CCC(C)CC1.[W].[W]. The van der Waals surface area contributed by atoms with Crippen molar-refractivity contribution in [3.8, 4) is 0 Å². The van der Waals surface area contributed by atoms with Crippen LogP contribution in [-0.4, -0.2) is 0 Å². The Labute approximate surface area is 93.1 Å². The van der Waals surface area contributed by atoms with Crippen LogP contribution in [0.5, 0.6) is 0 Å². The first kappa shape index (κ1) is 13.9. The van der Waals surface area contributed by atoms with Crippen LogP contribution in [0.4, 0.5) is 0 Å². The van der Waals surface area contributed by atoms with E-state index < -0.39 is 0 Å². The van der Waals surface area contributed by atoms with Gasteiger partial charge in [0.05, 0.1) is 0 Å². The van der Waals surface area contributed by atoms with Gasteiger partial charge in [0.2, 0.25) is 0 Å². The predicted molar refractivity (Wildman–Crippen MR) is 36.5 cm³/mol. The van der Waals surface area contributed by atoms with Gasteiger partial charge in [0.15, 0.2) is 0 Å². The van der Waals surface area contributed by atoms with E-state index in [9.17, 15) is 0 Å². The van der Waals surface area contributed by atoms with Crippen molar-refractivity contribution >= 4 is 0 Å². The third-order valence-corrected chi connectivity index (χ3v) is 2.14. The van der Waals surface area contributed by atoms with Crippen LogP contribution in [-0.2, 0) is 42.1 Å². The molecule has 60 valence electrons. The van der Waals surface area contributed by atoms with Crippen LogP contribution in [0.2, 0.25) is 0 Å². The summed E-state index contributed by atoms with van der Waals surface area (Å²) in [5, 5.41) is 0. The molecule has 2 heteroatoms. The maximum absolute atomic E-state index is 4.03. The van der Waals surface area contributed by atoms with E-state index in [0.717, 1.165) is 11.8 Å². The standard InChI is InChI=1S/C8H15.2W/c1-7-3-5-8(2)6-4-7;;/h7-8H,1,3-6H2,2H3;;/q-1;;. The maximum Gasteiger partial charge on any atom is 0 e. The molecule has 0 aliphatic heterocycles. The molecule has 0 amide bonds. The van der Waals surface area contributed by atoms with Gasteiger partial charge in [-0.1, -0.05) is 32.6 Å². The van der Waals surface area contributed by atoms with Crippen LogP contribution < -0.4 is 0 Å². The average Bonchev–Trinajstić information content (AvgIpc) is 1.77. The summed E-state index contributed by atoms with van der Waals surface area (Å²) in [6.07, 6.45) is 5.55. The minimum absolute atomic E-state index is 0. The predicted octanol–water partition coefficient (Wildman–Crippen LogP) is 2.64. The fraction of sp³-hybridized carbons (Fsp3) is 0.875. The molecule has 1 rings (SSSR count). The van der Waals surface area contributed by atoms with E-state index in [2.05, 4.69) is 13.8 Å². The average molecular weight is 479 g/mol. The van der Waals surface area contributed by atoms with Gasteiger partial charge in [-0.15, -0.1) is 0 Å². The quantitative estimate of drug-likeness (QED) is 0.470. The molecule has 10 heavy (non-hydrogen) atoms. The van der Waals surface area contributed by atoms with Gasteiger partial charge in [-0.25, -0.2) is 0 Å². The molecule has 0 spiro atoms. The fourth-order valence-electron chi connectivity index (χ4n) is 1.33. The number of rotatable bonds is 0. The molecule has 1 aliphatic rings. The van der Waals surface area contributed by atoms with Crippen LogP contribution in [0, 0.1) is 18.8 Å². The molecule has 0 saturated heterocycles. The Morgan fingerprint density at radius 1 is 1.00 bits per heavy atom. The third kappa shape index (κ3) is 5.08. The second-order valence-electron chi connectivity index (χ2n) is 3.13. The second-order valence-corrected chi connectivity index (χ2v) is 3.13. The minimum atomic E-state index is 0. The van der Waals surface area contributed by atoms with Gasteiger partial charge in [0, 0.05) is 42.1 Å². The summed E-state index contributed by atoms with van der Waals surface area (Å²) in [5.74, 6) is 1.75. The summed E-state index contributed by atoms with van der Waals surface area (Å²) in [5.41, 5.74) is 0. The summed E-state index contributed by atoms with van der Waals surface area (Å²) in [7, 11) is 0. The molecule has 0 bridgehead atoms. The zero-order chi connectivity index (χ0) is 5.98. The van der Waals surface area contributed by atoms with Gasteiger partial charge in [0.1, 0.15) is 0 Å². The normalized spacial score (nSPS) is 31.8. The summed E-state index contributed by atoms with van der Waals surface area (Å²) in [6, 6.07) is 0. The summed E-state index contributed by atoms with van der Waals surface area (Å²) >= 11 is 0. The molecule has 0 N–H and O–H groups in total. The first-order valence-corrected chi connectivity index (χ1v) is 3.62. The maximum atomic E-state index is 4.03. The molecular formula is C8H15W2-. The molecule has 0 radical (unpaired) electrons. The Hall–Kier alpha value is 1.38. The van der Waals surface area contributed by atoms with E-state index in [1.807, 2.05) is 0 Å².